The lowest BCUT2D eigenvalue weighted by Crippen LogP contribution is -2.23. The zero-order chi connectivity index (χ0) is 15.6. The number of carbonyl (C=O) groups excluding carboxylic acids is 1. The summed E-state index contributed by atoms with van der Waals surface area (Å²) in [5.41, 5.74) is 2.25. The highest BCUT2D eigenvalue weighted by atomic mass is 32.1. The van der Waals surface area contributed by atoms with Crippen LogP contribution in [-0.4, -0.2) is 24.2 Å². The topological polar surface area (TPSA) is 49.3 Å². The maximum atomic E-state index is 11.8. The van der Waals surface area contributed by atoms with Gasteiger partial charge in [0.05, 0.1) is 0 Å². The normalized spacial score (nSPS) is 12.4. The fraction of sp³-hybridized carbons (Fsp3) is 0.278. The van der Waals surface area contributed by atoms with Crippen LogP contribution < -0.4 is 5.32 Å². The molecule has 22 heavy (non-hydrogen) atoms. The average Bonchev–Trinajstić information content (AvgIpc) is 3.06. The van der Waals surface area contributed by atoms with E-state index in [-0.39, 0.29) is 18.4 Å². The third-order valence-corrected chi connectivity index (χ3v) is 4.21. The zero-order valence-electron chi connectivity index (χ0n) is 12.4. The van der Waals surface area contributed by atoms with E-state index >= 15 is 0 Å². The van der Waals surface area contributed by atoms with Crippen LogP contribution >= 0.6 is 11.3 Å². The molecule has 2 aromatic rings. The third kappa shape index (κ3) is 5.47. The van der Waals surface area contributed by atoms with Gasteiger partial charge >= 0.3 is 0 Å². The lowest BCUT2D eigenvalue weighted by Gasteiger charge is -2.16. The van der Waals surface area contributed by atoms with E-state index < -0.39 is 0 Å². The first-order valence-corrected chi connectivity index (χ1v) is 8.38. The van der Waals surface area contributed by atoms with Crippen molar-refractivity contribution >= 4 is 23.3 Å². The van der Waals surface area contributed by atoms with Crippen molar-refractivity contribution in [2.45, 2.75) is 18.8 Å². The number of carbonyl (C=O) groups is 1. The minimum absolute atomic E-state index is 0.0815. The molecule has 0 bridgehead atoms. The Labute approximate surface area is 135 Å². The summed E-state index contributed by atoms with van der Waals surface area (Å²) in [6, 6.07) is 12.1. The van der Waals surface area contributed by atoms with Gasteiger partial charge in [0, 0.05) is 19.2 Å². The molecule has 0 saturated heterocycles. The molecule has 3 nitrogen and oxygen atoms in total. The van der Waals surface area contributed by atoms with E-state index in [1.165, 1.54) is 5.56 Å². The molecule has 0 aliphatic heterocycles. The molecular weight excluding hydrogens is 294 g/mol. The molecule has 1 atom stereocenters. The number of amides is 1. The van der Waals surface area contributed by atoms with E-state index in [4.69, 9.17) is 0 Å². The highest BCUT2D eigenvalue weighted by molar-refractivity contribution is 7.08. The molecule has 0 unspecified atom stereocenters. The molecular formula is C18H21NO2S. The van der Waals surface area contributed by atoms with Crippen molar-refractivity contribution in [2.75, 3.05) is 13.2 Å². The Balaban J connectivity index is 1.79. The third-order valence-electron chi connectivity index (χ3n) is 3.51. The minimum Gasteiger partial charge on any atom is -0.396 e. The van der Waals surface area contributed by atoms with E-state index in [1.807, 2.05) is 41.1 Å². The molecule has 0 spiro atoms. The number of thiophene rings is 1. The van der Waals surface area contributed by atoms with E-state index in [0.717, 1.165) is 12.0 Å². The highest BCUT2D eigenvalue weighted by Gasteiger charge is 2.10. The van der Waals surface area contributed by atoms with E-state index in [2.05, 4.69) is 17.4 Å². The Morgan fingerprint density at radius 2 is 2.05 bits per heavy atom. The Morgan fingerprint density at radius 3 is 2.73 bits per heavy atom. The minimum atomic E-state index is -0.0815. The summed E-state index contributed by atoms with van der Waals surface area (Å²) < 4.78 is 0. The predicted octanol–water partition coefficient (Wildman–Crippen LogP) is 3.43. The van der Waals surface area contributed by atoms with Gasteiger partial charge in [-0.1, -0.05) is 30.3 Å². The van der Waals surface area contributed by atoms with Crippen molar-refractivity contribution in [3.05, 3.63) is 64.4 Å². The first kappa shape index (κ1) is 16.5. The van der Waals surface area contributed by atoms with Crippen LogP contribution in [0.15, 0.2) is 53.2 Å². The van der Waals surface area contributed by atoms with Gasteiger partial charge in [0.1, 0.15) is 0 Å². The predicted molar refractivity (Wildman–Crippen MR) is 91.9 cm³/mol. The molecule has 4 heteroatoms. The number of benzene rings is 1. The van der Waals surface area contributed by atoms with Crippen molar-refractivity contribution < 1.29 is 9.90 Å². The maximum absolute atomic E-state index is 11.8. The van der Waals surface area contributed by atoms with E-state index in [9.17, 15) is 9.90 Å². The Morgan fingerprint density at radius 1 is 1.23 bits per heavy atom. The SMILES string of the molecule is O=C(/C=C/c1ccsc1)NCC[C@H](CCO)c1ccccc1. The van der Waals surface area contributed by atoms with E-state index in [0.29, 0.717) is 13.0 Å². The van der Waals surface area contributed by atoms with Gasteiger partial charge in [0.15, 0.2) is 0 Å². The van der Waals surface area contributed by atoms with Crippen LogP contribution in [0.5, 0.6) is 0 Å². The van der Waals surface area contributed by atoms with Crippen molar-refractivity contribution in [1.82, 2.24) is 5.32 Å². The number of hydrogen-bond acceptors (Lipinski definition) is 3. The molecule has 2 rings (SSSR count). The quantitative estimate of drug-likeness (QED) is 0.733. The van der Waals surface area contributed by atoms with Gasteiger partial charge in [-0.3, -0.25) is 4.79 Å². The number of aliphatic hydroxyl groups excluding tert-OH is 1. The van der Waals surface area contributed by atoms with Gasteiger partial charge in [-0.2, -0.15) is 11.3 Å². The molecule has 116 valence electrons. The Kier molecular flexibility index (Phi) is 6.87. The maximum Gasteiger partial charge on any atom is 0.243 e. The number of aliphatic hydroxyl groups is 1. The largest absolute Gasteiger partial charge is 0.396 e. The smallest absolute Gasteiger partial charge is 0.243 e. The highest BCUT2D eigenvalue weighted by Crippen LogP contribution is 2.22. The molecule has 1 heterocycles. The standard InChI is InChI=1S/C18H21NO2S/c20-12-9-17(16-4-2-1-3-5-16)8-11-19-18(21)7-6-15-10-13-22-14-15/h1-7,10,13-14,17,20H,8-9,11-12H2,(H,19,21)/b7-6+/t17-/m1/s1. The second-order valence-corrected chi connectivity index (χ2v) is 5.87. The molecule has 2 N–H and O–H groups in total. The van der Waals surface area contributed by atoms with Gasteiger partial charge in [-0.05, 0) is 52.8 Å². The summed E-state index contributed by atoms with van der Waals surface area (Å²) in [6.45, 7) is 0.762. The molecule has 0 radical (unpaired) electrons. The van der Waals surface area contributed by atoms with Crippen LogP contribution in [0.3, 0.4) is 0 Å². The summed E-state index contributed by atoms with van der Waals surface area (Å²) in [5.74, 6) is 0.189. The molecule has 0 saturated carbocycles. The lowest BCUT2D eigenvalue weighted by molar-refractivity contribution is -0.116. The van der Waals surface area contributed by atoms with Crippen LogP contribution in [0, 0.1) is 0 Å². The van der Waals surface area contributed by atoms with Gasteiger partial charge in [-0.15, -0.1) is 0 Å². The molecule has 0 fully saturated rings. The summed E-state index contributed by atoms with van der Waals surface area (Å²) >= 11 is 1.61. The number of nitrogens with one attached hydrogen (secondary N) is 1. The summed E-state index contributed by atoms with van der Waals surface area (Å²) in [4.78, 5) is 11.8. The number of rotatable bonds is 8. The van der Waals surface area contributed by atoms with Crippen molar-refractivity contribution in [3.8, 4) is 0 Å². The van der Waals surface area contributed by atoms with Crippen LogP contribution in [0.25, 0.3) is 6.08 Å². The number of hydrogen-bond donors (Lipinski definition) is 2. The van der Waals surface area contributed by atoms with E-state index in [1.54, 1.807) is 17.4 Å². The van der Waals surface area contributed by atoms with Crippen molar-refractivity contribution in [3.63, 3.8) is 0 Å². The molecule has 1 aromatic heterocycles. The van der Waals surface area contributed by atoms with Gasteiger partial charge < -0.3 is 10.4 Å². The lowest BCUT2D eigenvalue weighted by atomic mass is 9.93. The average molecular weight is 315 g/mol. The fourth-order valence-corrected chi connectivity index (χ4v) is 2.96. The first-order valence-electron chi connectivity index (χ1n) is 7.43. The first-order chi connectivity index (χ1) is 10.8. The Bertz CT molecular complexity index is 578. The van der Waals surface area contributed by atoms with Gasteiger partial charge in [-0.25, -0.2) is 0 Å². The summed E-state index contributed by atoms with van der Waals surface area (Å²) in [7, 11) is 0. The zero-order valence-corrected chi connectivity index (χ0v) is 13.3. The molecule has 1 aromatic carbocycles. The summed E-state index contributed by atoms with van der Waals surface area (Å²) in [6.07, 6.45) is 4.91. The van der Waals surface area contributed by atoms with Crippen LogP contribution in [-0.2, 0) is 4.79 Å². The monoisotopic (exact) mass is 315 g/mol. The van der Waals surface area contributed by atoms with Crippen LogP contribution in [0.4, 0.5) is 0 Å². The van der Waals surface area contributed by atoms with Crippen LogP contribution in [0.1, 0.15) is 29.9 Å². The fourth-order valence-electron chi connectivity index (χ4n) is 2.33. The molecule has 0 aliphatic rings. The van der Waals surface area contributed by atoms with Gasteiger partial charge in [0.2, 0.25) is 5.91 Å². The van der Waals surface area contributed by atoms with Gasteiger partial charge in [0.25, 0.3) is 0 Å². The van der Waals surface area contributed by atoms with Crippen LogP contribution in [0.2, 0.25) is 0 Å². The molecule has 0 aliphatic carbocycles. The Hall–Kier alpha value is -1.91. The summed E-state index contributed by atoms with van der Waals surface area (Å²) in [5, 5.41) is 16.1. The van der Waals surface area contributed by atoms with Crippen molar-refractivity contribution in [1.29, 1.82) is 0 Å². The second-order valence-electron chi connectivity index (χ2n) is 5.09. The molecule has 1 amide bonds. The second kappa shape index (κ2) is 9.18. The van der Waals surface area contributed by atoms with Crippen molar-refractivity contribution in [2.24, 2.45) is 0 Å².